The number of benzene rings is 1. The minimum atomic E-state index is -3.82. The van der Waals surface area contributed by atoms with E-state index in [-0.39, 0.29) is 10.8 Å². The third kappa shape index (κ3) is 3.80. The molecule has 2 aliphatic rings. The summed E-state index contributed by atoms with van der Waals surface area (Å²) in [4.78, 5) is 7.02. The largest absolute Gasteiger partial charge is 0.378 e. The summed E-state index contributed by atoms with van der Waals surface area (Å²) in [5.74, 6) is -0.0684. The maximum atomic E-state index is 13.8. The van der Waals surface area contributed by atoms with Crippen molar-refractivity contribution in [3.05, 3.63) is 82.3 Å². The number of aryl methyl sites for hydroxylation is 1. The van der Waals surface area contributed by atoms with E-state index >= 15 is 0 Å². The van der Waals surface area contributed by atoms with E-state index in [0.717, 1.165) is 48.1 Å². The molecule has 1 atom stereocenters. The molecule has 166 valence electrons. The molecule has 0 radical (unpaired) electrons. The molecule has 2 aromatic heterocycles. The molecule has 1 aliphatic carbocycles. The Hall–Kier alpha value is -2.42. The number of pyridine rings is 1. The highest BCUT2D eigenvalue weighted by Crippen LogP contribution is 2.36. The molecule has 6 nitrogen and oxygen atoms in total. The number of morpholine rings is 1. The Morgan fingerprint density at radius 2 is 1.88 bits per heavy atom. The van der Waals surface area contributed by atoms with Gasteiger partial charge in [0.15, 0.2) is 5.65 Å². The van der Waals surface area contributed by atoms with Crippen LogP contribution in [-0.4, -0.2) is 48.6 Å². The van der Waals surface area contributed by atoms with Gasteiger partial charge in [-0.05, 0) is 59.6 Å². The Kier molecular flexibility index (Phi) is 5.69. The molecule has 0 spiro atoms. The molecule has 8 heteroatoms. The molecule has 1 unspecified atom stereocenters. The second-order valence-electron chi connectivity index (χ2n) is 8.11. The van der Waals surface area contributed by atoms with E-state index in [4.69, 9.17) is 4.74 Å². The highest BCUT2D eigenvalue weighted by Gasteiger charge is 2.28. The summed E-state index contributed by atoms with van der Waals surface area (Å²) in [7, 11) is -3.82. The van der Waals surface area contributed by atoms with E-state index in [1.807, 2.05) is 31.2 Å². The molecule has 3 heterocycles. The first kappa shape index (κ1) is 21.4. The first-order valence-electron chi connectivity index (χ1n) is 10.6. The SMILES string of the molecule is Cc1ccc(S(=O)(=O)n2c(C3C=CC(N4CCOCC4)=CC3)cc3c(Br)ccnc32)cc1. The molecule has 0 amide bonds. The second kappa shape index (κ2) is 8.50. The number of hydrogen-bond acceptors (Lipinski definition) is 5. The number of hydrogen-bond donors (Lipinski definition) is 0. The van der Waals surface area contributed by atoms with Crippen molar-refractivity contribution in [2.24, 2.45) is 0 Å². The van der Waals surface area contributed by atoms with Gasteiger partial charge in [-0.1, -0.05) is 29.8 Å². The normalized spacial score (nSPS) is 19.4. The van der Waals surface area contributed by atoms with Gasteiger partial charge in [0.1, 0.15) is 0 Å². The fourth-order valence-corrected chi connectivity index (χ4v) is 6.21. The highest BCUT2D eigenvalue weighted by molar-refractivity contribution is 9.10. The molecular weight excluding hydrogens is 490 g/mol. The van der Waals surface area contributed by atoms with Crippen LogP contribution in [0.15, 0.2) is 75.9 Å². The summed E-state index contributed by atoms with van der Waals surface area (Å²) >= 11 is 3.57. The molecule has 0 saturated carbocycles. The predicted octanol–water partition coefficient (Wildman–Crippen LogP) is 4.60. The van der Waals surface area contributed by atoms with E-state index in [9.17, 15) is 8.42 Å². The van der Waals surface area contributed by atoms with Crippen molar-refractivity contribution in [2.45, 2.75) is 24.2 Å². The van der Waals surface area contributed by atoms with Crippen LogP contribution in [0.4, 0.5) is 0 Å². The fourth-order valence-electron chi connectivity index (χ4n) is 4.27. The Bertz CT molecular complexity index is 1320. The van der Waals surface area contributed by atoms with Crippen molar-refractivity contribution >= 4 is 37.0 Å². The van der Waals surface area contributed by atoms with E-state index in [1.54, 1.807) is 18.3 Å². The smallest absolute Gasteiger partial charge is 0.269 e. The van der Waals surface area contributed by atoms with Gasteiger partial charge in [0, 0.05) is 46.5 Å². The van der Waals surface area contributed by atoms with Gasteiger partial charge in [-0.3, -0.25) is 0 Å². The van der Waals surface area contributed by atoms with E-state index in [0.29, 0.717) is 11.3 Å². The van der Waals surface area contributed by atoms with Crippen molar-refractivity contribution in [1.82, 2.24) is 13.9 Å². The van der Waals surface area contributed by atoms with E-state index in [2.05, 4.69) is 44.0 Å². The quantitative estimate of drug-likeness (QED) is 0.509. The minimum absolute atomic E-state index is 0.0684. The van der Waals surface area contributed by atoms with Crippen molar-refractivity contribution in [3.63, 3.8) is 0 Å². The maximum absolute atomic E-state index is 13.8. The number of aromatic nitrogens is 2. The topological polar surface area (TPSA) is 64.4 Å². The van der Waals surface area contributed by atoms with Crippen LogP contribution in [0.2, 0.25) is 0 Å². The number of fused-ring (bicyclic) bond motifs is 1. The first-order chi connectivity index (χ1) is 15.4. The Labute approximate surface area is 196 Å². The summed E-state index contributed by atoms with van der Waals surface area (Å²) in [5.41, 5.74) is 3.34. The number of allylic oxidation sites excluding steroid dienone is 3. The van der Waals surface area contributed by atoms with Gasteiger partial charge in [-0.15, -0.1) is 0 Å². The molecule has 1 saturated heterocycles. The maximum Gasteiger partial charge on any atom is 0.269 e. The van der Waals surface area contributed by atoms with Crippen molar-refractivity contribution in [2.75, 3.05) is 26.3 Å². The van der Waals surface area contributed by atoms with Gasteiger partial charge in [0.25, 0.3) is 10.0 Å². The van der Waals surface area contributed by atoms with Crippen LogP contribution in [-0.2, 0) is 14.8 Å². The molecule has 5 rings (SSSR count). The molecule has 0 N–H and O–H groups in total. The zero-order valence-corrected chi connectivity index (χ0v) is 20.1. The molecule has 3 aromatic rings. The third-order valence-electron chi connectivity index (χ3n) is 6.03. The number of halogens is 1. The van der Waals surface area contributed by atoms with Crippen molar-refractivity contribution in [3.8, 4) is 0 Å². The monoisotopic (exact) mass is 513 g/mol. The molecule has 32 heavy (non-hydrogen) atoms. The van der Waals surface area contributed by atoms with Crippen molar-refractivity contribution in [1.29, 1.82) is 0 Å². The predicted molar refractivity (Wildman–Crippen MR) is 128 cm³/mol. The summed E-state index contributed by atoms with van der Waals surface area (Å²) in [6.07, 6.45) is 8.75. The molecular formula is C24H24BrN3O3S. The minimum Gasteiger partial charge on any atom is -0.378 e. The van der Waals surface area contributed by atoms with Crippen LogP contribution in [0.5, 0.6) is 0 Å². The average molecular weight is 514 g/mol. The average Bonchev–Trinajstić information content (AvgIpc) is 3.22. The van der Waals surface area contributed by atoms with Crippen LogP contribution in [0.1, 0.15) is 23.6 Å². The number of nitrogens with zero attached hydrogens (tertiary/aromatic N) is 3. The van der Waals surface area contributed by atoms with Gasteiger partial charge in [0.05, 0.1) is 18.1 Å². The fraction of sp³-hybridized carbons (Fsp3) is 0.292. The van der Waals surface area contributed by atoms with Gasteiger partial charge in [-0.25, -0.2) is 17.4 Å². The van der Waals surface area contributed by atoms with Crippen molar-refractivity contribution < 1.29 is 13.2 Å². The summed E-state index contributed by atoms with van der Waals surface area (Å²) in [5, 5.41) is 0.787. The molecule has 1 aliphatic heterocycles. The summed E-state index contributed by atoms with van der Waals surface area (Å²) in [6.45, 7) is 5.16. The standard InChI is InChI=1S/C24H24BrN3O3S/c1-17-2-8-20(9-3-17)32(29,30)28-23(16-21-22(25)10-11-26-24(21)28)18-4-6-19(7-5-18)27-12-14-31-15-13-27/h2-4,6-11,16,18H,5,12-15H2,1H3. The summed E-state index contributed by atoms with van der Waals surface area (Å²) < 4.78 is 35.2. The van der Waals surface area contributed by atoms with E-state index in [1.165, 1.54) is 9.67 Å². The second-order valence-corrected chi connectivity index (χ2v) is 10.8. The zero-order chi connectivity index (χ0) is 22.3. The molecule has 0 bridgehead atoms. The van der Waals surface area contributed by atoms with Gasteiger partial charge < -0.3 is 9.64 Å². The number of ether oxygens (including phenoxy) is 1. The van der Waals surface area contributed by atoms with Crippen LogP contribution in [0.25, 0.3) is 11.0 Å². The van der Waals surface area contributed by atoms with Crippen LogP contribution >= 0.6 is 15.9 Å². The highest BCUT2D eigenvalue weighted by atomic mass is 79.9. The third-order valence-corrected chi connectivity index (χ3v) is 8.45. The lowest BCUT2D eigenvalue weighted by Crippen LogP contribution is -2.35. The zero-order valence-electron chi connectivity index (χ0n) is 17.7. The summed E-state index contributed by atoms with van der Waals surface area (Å²) in [6, 6.07) is 10.7. The van der Waals surface area contributed by atoms with Crippen LogP contribution in [0, 0.1) is 6.92 Å². The Balaban J connectivity index is 1.58. The van der Waals surface area contributed by atoms with Gasteiger partial charge in [-0.2, -0.15) is 0 Å². The first-order valence-corrected chi connectivity index (χ1v) is 12.9. The lowest BCUT2D eigenvalue weighted by molar-refractivity contribution is 0.0551. The van der Waals surface area contributed by atoms with Gasteiger partial charge >= 0.3 is 0 Å². The Morgan fingerprint density at radius 1 is 1.12 bits per heavy atom. The number of rotatable bonds is 4. The van der Waals surface area contributed by atoms with Gasteiger partial charge in [0.2, 0.25) is 0 Å². The van der Waals surface area contributed by atoms with Crippen LogP contribution in [0.3, 0.4) is 0 Å². The Morgan fingerprint density at radius 3 is 2.56 bits per heavy atom. The molecule has 1 fully saturated rings. The molecule has 1 aromatic carbocycles. The lowest BCUT2D eigenvalue weighted by Gasteiger charge is -2.31. The van der Waals surface area contributed by atoms with Crippen LogP contribution < -0.4 is 0 Å². The van der Waals surface area contributed by atoms with E-state index < -0.39 is 10.0 Å². The lowest BCUT2D eigenvalue weighted by atomic mass is 9.95.